The number of hydrogen-bond donors (Lipinski definition) is 2. The zero-order chi connectivity index (χ0) is 23.5. The second-order valence-corrected chi connectivity index (χ2v) is 7.28. The normalized spacial score (nSPS) is 11.2. The van der Waals surface area contributed by atoms with Crippen LogP contribution in [0.15, 0.2) is 74.8 Å². The van der Waals surface area contributed by atoms with Gasteiger partial charge in [0.15, 0.2) is 11.6 Å². The van der Waals surface area contributed by atoms with Gasteiger partial charge in [-0.15, -0.1) is 0 Å². The first-order chi connectivity index (χ1) is 16.5. The highest BCUT2D eigenvalue weighted by atomic mass is 35.5. The van der Waals surface area contributed by atoms with Crippen molar-refractivity contribution in [2.45, 2.75) is 0 Å². The van der Waals surface area contributed by atoms with E-state index >= 15 is 0 Å². The molecule has 0 aliphatic carbocycles. The summed E-state index contributed by atoms with van der Waals surface area (Å²) in [6, 6.07) is 16.6. The molecule has 5 rings (SSSR count). The molecule has 168 valence electrons. The third-order valence-electron chi connectivity index (χ3n) is 4.53. The first-order valence-corrected chi connectivity index (χ1v) is 10.1. The van der Waals surface area contributed by atoms with E-state index in [2.05, 4.69) is 40.8 Å². The fraction of sp³-hybridized carbons (Fsp3) is 0. The van der Waals surface area contributed by atoms with Crippen molar-refractivity contribution in [2.24, 2.45) is 5.10 Å². The van der Waals surface area contributed by atoms with Crippen molar-refractivity contribution < 1.29 is 14.0 Å². The average Bonchev–Trinajstić information content (AvgIpc) is 3.49. The molecule has 3 aromatic heterocycles. The number of nitro benzene ring substituents is 1. The lowest BCUT2D eigenvalue weighted by atomic mass is 10.1. The Morgan fingerprint density at radius 2 is 1.79 bits per heavy atom. The molecule has 12 nitrogen and oxygen atoms in total. The van der Waals surface area contributed by atoms with E-state index in [9.17, 15) is 10.1 Å². The van der Waals surface area contributed by atoms with E-state index in [1.54, 1.807) is 42.5 Å². The second-order valence-electron chi connectivity index (χ2n) is 6.85. The molecule has 2 N–H and O–H groups in total. The van der Waals surface area contributed by atoms with Gasteiger partial charge in [-0.2, -0.15) is 10.1 Å². The number of non-ortho nitro benzene ring substituents is 1. The van der Waals surface area contributed by atoms with E-state index in [1.807, 2.05) is 6.07 Å². The van der Waals surface area contributed by atoms with Crippen molar-refractivity contribution in [3.8, 4) is 11.3 Å². The Kier molecular flexibility index (Phi) is 5.54. The highest BCUT2D eigenvalue weighted by molar-refractivity contribution is 6.30. The van der Waals surface area contributed by atoms with Crippen LogP contribution in [-0.2, 0) is 0 Å². The molecule has 13 heteroatoms. The summed E-state index contributed by atoms with van der Waals surface area (Å²) in [6.45, 7) is 0. The predicted octanol–water partition coefficient (Wildman–Crippen LogP) is 5.02. The number of nitrogens with zero attached hydrogens (tertiary/aromatic N) is 6. The summed E-state index contributed by atoms with van der Waals surface area (Å²) in [4.78, 5) is 19.2. The highest BCUT2D eigenvalue weighted by Gasteiger charge is 2.13. The van der Waals surface area contributed by atoms with Crippen molar-refractivity contribution in [3.63, 3.8) is 0 Å². The van der Waals surface area contributed by atoms with Gasteiger partial charge >= 0.3 is 0 Å². The van der Waals surface area contributed by atoms with E-state index in [1.165, 1.54) is 18.3 Å². The van der Waals surface area contributed by atoms with Crippen LogP contribution in [0, 0.1) is 10.1 Å². The van der Waals surface area contributed by atoms with Gasteiger partial charge in [0.2, 0.25) is 11.3 Å². The van der Waals surface area contributed by atoms with Crippen LogP contribution >= 0.6 is 11.6 Å². The summed E-state index contributed by atoms with van der Waals surface area (Å²) in [5, 5.41) is 26.2. The van der Waals surface area contributed by atoms with Crippen LogP contribution in [0.1, 0.15) is 5.76 Å². The smallest absolute Gasteiger partial charge is 0.270 e. The van der Waals surface area contributed by atoms with Gasteiger partial charge in [-0.05, 0) is 40.6 Å². The van der Waals surface area contributed by atoms with Gasteiger partial charge in [0.05, 0.1) is 11.1 Å². The van der Waals surface area contributed by atoms with Gasteiger partial charge in [-0.25, -0.2) is 9.61 Å². The molecule has 0 amide bonds. The summed E-state index contributed by atoms with van der Waals surface area (Å²) >= 11 is 6.05. The third-order valence-corrected chi connectivity index (χ3v) is 4.77. The second kappa shape index (κ2) is 8.96. The zero-order valence-electron chi connectivity index (χ0n) is 17.0. The SMILES string of the molecule is O=[N+]([O-])c1cccc(-c2ccc(C=NNc3nc4nonc4nc3Nc3cccc(Cl)c3)o2)c1. The molecule has 0 unspecified atom stereocenters. The molecular formula is C21H13ClN8O4. The lowest BCUT2D eigenvalue weighted by Crippen LogP contribution is -2.03. The lowest BCUT2D eigenvalue weighted by Gasteiger charge is -2.09. The molecule has 0 aliphatic rings. The molecule has 0 bridgehead atoms. The number of rotatable bonds is 7. The van der Waals surface area contributed by atoms with E-state index in [4.69, 9.17) is 16.0 Å². The number of hydrazone groups is 1. The number of halogens is 1. The molecule has 0 spiro atoms. The molecule has 2 aromatic carbocycles. The van der Waals surface area contributed by atoms with Gasteiger partial charge in [-0.1, -0.05) is 29.8 Å². The first kappa shape index (κ1) is 21.0. The van der Waals surface area contributed by atoms with Crippen LogP contribution in [0.2, 0.25) is 5.02 Å². The maximum absolute atomic E-state index is 11.0. The molecule has 0 fully saturated rings. The minimum absolute atomic E-state index is 0.0261. The fourth-order valence-corrected chi connectivity index (χ4v) is 3.20. The maximum atomic E-state index is 11.0. The van der Waals surface area contributed by atoms with E-state index in [0.29, 0.717) is 33.6 Å². The largest absolute Gasteiger partial charge is 0.455 e. The number of anilines is 3. The number of fused-ring (bicyclic) bond motifs is 1. The van der Waals surface area contributed by atoms with E-state index in [-0.39, 0.29) is 22.8 Å². The Labute approximate surface area is 195 Å². The summed E-state index contributed by atoms with van der Waals surface area (Å²) in [6.07, 6.45) is 1.43. The lowest BCUT2D eigenvalue weighted by molar-refractivity contribution is -0.384. The number of hydrogen-bond acceptors (Lipinski definition) is 11. The Hall–Kier alpha value is -4.84. The van der Waals surface area contributed by atoms with Gasteiger partial charge in [0.1, 0.15) is 11.5 Å². The number of nitrogens with one attached hydrogen (secondary N) is 2. The Morgan fingerprint density at radius 3 is 2.59 bits per heavy atom. The van der Waals surface area contributed by atoms with E-state index < -0.39 is 4.92 Å². The maximum Gasteiger partial charge on any atom is 0.270 e. The standard InChI is InChI=1S/C21H13ClN8O4/c22-13-4-2-5-14(10-13)24-18-19(26-21-20(25-18)28-34-29-21)27-23-11-16-7-8-17(33-16)12-3-1-6-15(9-12)30(31)32/h1-11H,(H,24,25,28)(H,26,27,29). The van der Waals surface area contributed by atoms with Crippen molar-refractivity contribution in [3.05, 3.63) is 81.6 Å². The fourth-order valence-electron chi connectivity index (χ4n) is 3.01. The van der Waals surface area contributed by atoms with E-state index in [0.717, 1.165) is 0 Å². The zero-order valence-corrected chi connectivity index (χ0v) is 17.8. The van der Waals surface area contributed by atoms with Gasteiger partial charge in [0.25, 0.3) is 5.69 Å². The molecule has 0 aliphatic heterocycles. The van der Waals surface area contributed by atoms with Crippen LogP contribution < -0.4 is 10.7 Å². The molecule has 0 atom stereocenters. The molecule has 5 aromatic rings. The molecule has 3 heterocycles. The summed E-state index contributed by atoms with van der Waals surface area (Å²) in [5.41, 5.74) is 4.43. The summed E-state index contributed by atoms with van der Waals surface area (Å²) < 4.78 is 10.4. The minimum atomic E-state index is -0.462. The molecule has 0 saturated heterocycles. The van der Waals surface area contributed by atoms with Crippen molar-refractivity contribution >= 4 is 52.1 Å². The van der Waals surface area contributed by atoms with Crippen LogP contribution in [0.5, 0.6) is 0 Å². The van der Waals surface area contributed by atoms with Crippen LogP contribution in [0.4, 0.5) is 23.0 Å². The summed E-state index contributed by atoms with van der Waals surface area (Å²) in [5.74, 6) is 1.45. The van der Waals surface area contributed by atoms with Crippen molar-refractivity contribution in [1.82, 2.24) is 20.3 Å². The van der Waals surface area contributed by atoms with Crippen LogP contribution in [0.25, 0.3) is 22.6 Å². The van der Waals surface area contributed by atoms with Gasteiger partial charge in [-0.3, -0.25) is 15.5 Å². The topological polar surface area (TPSA) is 157 Å². The molecule has 34 heavy (non-hydrogen) atoms. The average molecular weight is 477 g/mol. The third kappa shape index (κ3) is 4.52. The molecule has 0 radical (unpaired) electrons. The Morgan fingerprint density at radius 1 is 1.00 bits per heavy atom. The van der Waals surface area contributed by atoms with Gasteiger partial charge in [0, 0.05) is 28.4 Å². The van der Waals surface area contributed by atoms with Gasteiger partial charge < -0.3 is 9.73 Å². The number of nitro groups is 1. The number of benzene rings is 2. The molecule has 0 saturated carbocycles. The van der Waals surface area contributed by atoms with Crippen molar-refractivity contribution in [2.75, 3.05) is 10.7 Å². The number of furan rings is 1. The number of aromatic nitrogens is 4. The van der Waals surface area contributed by atoms with Crippen molar-refractivity contribution in [1.29, 1.82) is 0 Å². The molecular weight excluding hydrogens is 464 g/mol. The quantitative estimate of drug-likeness (QED) is 0.185. The minimum Gasteiger partial charge on any atom is -0.455 e. The first-order valence-electron chi connectivity index (χ1n) is 9.72. The van der Waals surface area contributed by atoms with Crippen LogP contribution in [0.3, 0.4) is 0 Å². The Bertz CT molecular complexity index is 1530. The monoisotopic (exact) mass is 476 g/mol. The Balaban J connectivity index is 1.37. The predicted molar refractivity (Wildman–Crippen MR) is 124 cm³/mol. The highest BCUT2D eigenvalue weighted by Crippen LogP contribution is 2.27. The van der Waals surface area contributed by atoms with Crippen LogP contribution in [-0.4, -0.2) is 31.4 Å². The summed E-state index contributed by atoms with van der Waals surface area (Å²) in [7, 11) is 0.